The van der Waals surface area contributed by atoms with Gasteiger partial charge in [0, 0.05) is 31.5 Å². The van der Waals surface area contributed by atoms with Crippen molar-refractivity contribution in [3.8, 4) is 0 Å². The molecule has 2 N–H and O–H groups in total. The van der Waals surface area contributed by atoms with Gasteiger partial charge in [-0.1, -0.05) is 0 Å². The van der Waals surface area contributed by atoms with Crippen molar-refractivity contribution < 1.29 is 13.8 Å². The molecule has 0 aromatic rings. The number of hydrogen-bond acceptors (Lipinski definition) is 5. The molecule has 0 bridgehead atoms. The van der Waals surface area contributed by atoms with Crippen LogP contribution in [0, 0.1) is 11.3 Å². The van der Waals surface area contributed by atoms with E-state index in [2.05, 4.69) is 37.7 Å². The van der Waals surface area contributed by atoms with Crippen LogP contribution in [0.15, 0.2) is 0 Å². The Morgan fingerprint density at radius 2 is 1.83 bits per heavy atom. The zero-order valence-corrected chi connectivity index (χ0v) is 16.6. The molecular weight excluding hydrogens is 325 g/mol. The molecule has 0 aromatic heterocycles. The quantitative estimate of drug-likeness (QED) is 0.354. The number of rotatable bonds is 10. The molecule has 1 aliphatic carbocycles. The van der Waals surface area contributed by atoms with Crippen LogP contribution in [-0.4, -0.2) is 48.6 Å². The molecule has 1 rings (SSSR count). The molecule has 1 aliphatic rings. The first-order valence-corrected chi connectivity index (χ1v) is 10.1. The number of hydrogen-bond donors (Lipinski definition) is 2. The van der Waals surface area contributed by atoms with E-state index >= 15 is 0 Å². The summed E-state index contributed by atoms with van der Waals surface area (Å²) < 4.78 is 14.6. The van der Waals surface area contributed by atoms with Crippen LogP contribution >= 0.6 is 8.53 Å². The average Bonchev–Trinajstić information content (AvgIpc) is 2.54. The smallest absolute Gasteiger partial charge is 0.259 e. The molecule has 0 saturated heterocycles. The largest absolute Gasteiger partial charge is 0.359 e. The third-order valence-electron chi connectivity index (χ3n) is 4.24. The Balaban J connectivity index is 2.64. The maximum atomic E-state index is 11.8. The molecule has 1 unspecified atom stereocenters. The molecule has 0 heterocycles. The minimum atomic E-state index is -1.14. The minimum absolute atomic E-state index is 0.117. The lowest BCUT2D eigenvalue weighted by molar-refractivity contribution is -0.125. The van der Waals surface area contributed by atoms with Gasteiger partial charge >= 0.3 is 0 Å². The summed E-state index contributed by atoms with van der Waals surface area (Å²) in [6.07, 6.45) is 5.67. The second kappa shape index (κ2) is 11.1. The van der Waals surface area contributed by atoms with Gasteiger partial charge in [0.15, 0.2) is 0 Å². The Hall–Kier alpha value is -0.550. The van der Waals surface area contributed by atoms with Crippen LogP contribution in [0.3, 0.4) is 0 Å². The molecule has 0 aromatic carbocycles. The van der Waals surface area contributed by atoms with E-state index in [1.54, 1.807) is 7.05 Å². The van der Waals surface area contributed by atoms with E-state index in [9.17, 15) is 4.79 Å². The number of nitrogens with one attached hydrogen (secondary N) is 2. The fourth-order valence-electron chi connectivity index (χ4n) is 3.08. The van der Waals surface area contributed by atoms with Gasteiger partial charge in [-0.3, -0.25) is 4.79 Å². The molecule has 7 heteroatoms. The lowest BCUT2D eigenvalue weighted by Crippen LogP contribution is -2.36. The topological polar surface area (TPSA) is 74.6 Å². The van der Waals surface area contributed by atoms with Gasteiger partial charge in [-0.2, -0.15) is 0 Å². The molecule has 0 radical (unpaired) electrons. The van der Waals surface area contributed by atoms with Gasteiger partial charge in [-0.25, -0.2) is 4.67 Å². The van der Waals surface area contributed by atoms with Gasteiger partial charge in [-0.05, 0) is 59.6 Å². The Morgan fingerprint density at radius 3 is 2.29 bits per heavy atom. The van der Waals surface area contributed by atoms with Crippen molar-refractivity contribution in [2.45, 2.75) is 78.0 Å². The summed E-state index contributed by atoms with van der Waals surface area (Å²) in [6.45, 7) is 9.13. The van der Waals surface area contributed by atoms with Crippen molar-refractivity contribution in [2.75, 3.05) is 13.7 Å². The molecule has 6 nitrogen and oxygen atoms in total. The third-order valence-corrected chi connectivity index (χ3v) is 6.42. The highest BCUT2D eigenvalue weighted by Gasteiger charge is 2.32. The monoisotopic (exact) mass is 359 g/mol. The maximum absolute atomic E-state index is 11.8. The molecule has 24 heavy (non-hydrogen) atoms. The summed E-state index contributed by atoms with van der Waals surface area (Å²) in [6, 6.07) is 0.664. The van der Waals surface area contributed by atoms with Crippen molar-refractivity contribution in [3.05, 3.63) is 0 Å². The highest BCUT2D eigenvalue weighted by molar-refractivity contribution is 7.44. The van der Waals surface area contributed by atoms with Gasteiger partial charge in [0.2, 0.25) is 5.91 Å². The number of nitrogens with zero attached hydrogens (tertiary/aromatic N) is 1. The van der Waals surface area contributed by atoms with E-state index in [1.165, 1.54) is 6.21 Å². The summed E-state index contributed by atoms with van der Waals surface area (Å²) in [7, 11) is 0.558. The van der Waals surface area contributed by atoms with Crippen LogP contribution in [0.25, 0.3) is 0 Å². The van der Waals surface area contributed by atoms with E-state index in [1.807, 2.05) is 0 Å². The van der Waals surface area contributed by atoms with Crippen LogP contribution in [0.2, 0.25) is 0 Å². The Bertz CT molecular complexity index is 377. The molecule has 1 atom stereocenters. The predicted octanol–water partition coefficient (Wildman–Crippen LogP) is 3.71. The number of carbonyl (C=O) groups is 1. The summed E-state index contributed by atoms with van der Waals surface area (Å²) in [5.41, 5.74) is 0. The van der Waals surface area contributed by atoms with Crippen LogP contribution < -0.4 is 5.32 Å². The molecular formula is C17H34N3O3P. The first-order chi connectivity index (χ1) is 11.4. The lowest BCUT2D eigenvalue weighted by atomic mass is 9.87. The SMILES string of the molecule is CNC(=O)C1CCC(OP(OCCC=N)N(C(C)C)C(C)C)CC1. The van der Waals surface area contributed by atoms with Crippen molar-refractivity contribution in [1.29, 1.82) is 5.41 Å². The zero-order valence-electron chi connectivity index (χ0n) is 15.7. The Labute approximate surface area is 148 Å². The van der Waals surface area contributed by atoms with E-state index in [4.69, 9.17) is 14.5 Å². The summed E-state index contributed by atoms with van der Waals surface area (Å²) >= 11 is 0. The highest BCUT2D eigenvalue weighted by Crippen LogP contribution is 2.48. The van der Waals surface area contributed by atoms with Gasteiger partial charge in [0.1, 0.15) is 0 Å². The van der Waals surface area contributed by atoms with Crippen molar-refractivity contribution in [2.24, 2.45) is 5.92 Å². The fraction of sp³-hybridized carbons (Fsp3) is 0.882. The van der Waals surface area contributed by atoms with Gasteiger partial charge in [0.25, 0.3) is 8.53 Å². The second-order valence-electron chi connectivity index (χ2n) is 6.82. The molecule has 140 valence electrons. The van der Waals surface area contributed by atoms with Gasteiger partial charge in [-0.15, -0.1) is 0 Å². The average molecular weight is 359 g/mol. The summed E-state index contributed by atoms with van der Waals surface area (Å²) in [5.74, 6) is 0.259. The van der Waals surface area contributed by atoms with E-state index in [0.717, 1.165) is 25.7 Å². The summed E-state index contributed by atoms with van der Waals surface area (Å²) in [4.78, 5) is 11.8. The lowest BCUT2D eigenvalue weighted by Gasteiger charge is -2.38. The maximum Gasteiger partial charge on any atom is 0.259 e. The minimum Gasteiger partial charge on any atom is -0.359 e. The van der Waals surface area contributed by atoms with E-state index in [0.29, 0.717) is 25.1 Å². The fourth-order valence-corrected chi connectivity index (χ4v) is 4.86. The van der Waals surface area contributed by atoms with Gasteiger partial charge < -0.3 is 19.8 Å². The molecule has 0 aliphatic heterocycles. The molecule has 1 amide bonds. The molecule has 1 saturated carbocycles. The Kier molecular flexibility index (Phi) is 9.98. The van der Waals surface area contributed by atoms with E-state index < -0.39 is 8.53 Å². The predicted molar refractivity (Wildman–Crippen MR) is 99.3 cm³/mol. The molecule has 0 spiro atoms. The highest BCUT2D eigenvalue weighted by atomic mass is 31.2. The summed E-state index contributed by atoms with van der Waals surface area (Å²) in [5, 5.41) is 9.91. The van der Waals surface area contributed by atoms with Crippen LogP contribution in [-0.2, 0) is 13.8 Å². The third kappa shape index (κ3) is 6.75. The van der Waals surface area contributed by atoms with Crippen LogP contribution in [0.1, 0.15) is 59.8 Å². The van der Waals surface area contributed by atoms with Gasteiger partial charge in [0.05, 0.1) is 12.7 Å². The van der Waals surface area contributed by atoms with Crippen molar-refractivity contribution in [3.63, 3.8) is 0 Å². The van der Waals surface area contributed by atoms with Crippen molar-refractivity contribution in [1.82, 2.24) is 9.99 Å². The number of carbonyl (C=O) groups excluding carboxylic acids is 1. The zero-order chi connectivity index (χ0) is 18.1. The molecule has 1 fully saturated rings. The second-order valence-corrected chi connectivity index (χ2v) is 8.23. The first-order valence-electron chi connectivity index (χ1n) is 8.99. The standard InChI is InChI=1S/C17H34N3O3P/c1-13(2)20(14(3)4)24(22-12-6-11-18)23-16-9-7-15(8-10-16)17(21)19-5/h11,13-16,18H,6-10,12H2,1-5H3,(H,19,21). The van der Waals surface area contributed by atoms with Crippen LogP contribution in [0.4, 0.5) is 0 Å². The van der Waals surface area contributed by atoms with Crippen molar-refractivity contribution >= 4 is 20.6 Å². The van der Waals surface area contributed by atoms with E-state index in [-0.39, 0.29) is 17.9 Å². The number of amides is 1. The normalized spacial score (nSPS) is 22.8. The Morgan fingerprint density at radius 1 is 1.25 bits per heavy atom. The first kappa shape index (κ1) is 21.5. The van der Waals surface area contributed by atoms with Crippen LogP contribution in [0.5, 0.6) is 0 Å².